The van der Waals surface area contributed by atoms with E-state index in [0.29, 0.717) is 0 Å². The van der Waals surface area contributed by atoms with Gasteiger partial charge in [-0.2, -0.15) is 0 Å². The molecule has 0 rings (SSSR count). The number of hydrogen-bond donors (Lipinski definition) is 6. The third kappa shape index (κ3) is 5.92. The lowest BCUT2D eigenvalue weighted by Gasteiger charge is -2.07. The van der Waals surface area contributed by atoms with Gasteiger partial charge in [-0.15, -0.1) is 0 Å². The van der Waals surface area contributed by atoms with Crippen LogP contribution < -0.4 is 0 Å². The maximum absolute atomic E-state index is 10.7. The first-order valence-electron chi connectivity index (χ1n) is 4.17. The molecule has 6 N–H and O–H groups in total. The Balaban J connectivity index is 4.44. The smallest absolute Gasteiger partial charge is 0.373 e. The second-order valence-corrected chi connectivity index (χ2v) is 6.18. The maximum Gasteiger partial charge on any atom is 0.373 e. The van der Waals surface area contributed by atoms with Crippen LogP contribution in [0.25, 0.3) is 0 Å². The molecule has 0 aliphatic heterocycles. The Morgan fingerprint density at radius 2 is 1.12 bits per heavy atom. The zero-order valence-electron chi connectivity index (χ0n) is 8.41. The van der Waals surface area contributed by atoms with Gasteiger partial charge in [-0.25, -0.2) is 0 Å². The summed E-state index contributed by atoms with van der Waals surface area (Å²) in [5.74, 6) is 0. The molecule has 0 saturated heterocycles. The molecule has 0 aromatic carbocycles. The van der Waals surface area contributed by atoms with Crippen molar-refractivity contribution < 1.29 is 39.1 Å². The van der Waals surface area contributed by atoms with E-state index in [1.807, 2.05) is 0 Å². The Bertz CT molecular complexity index is 368. The van der Waals surface area contributed by atoms with Gasteiger partial charge in [0.05, 0.1) is 0 Å². The molecule has 0 radical (unpaired) electrons. The fourth-order valence-electron chi connectivity index (χ4n) is 0.912. The van der Waals surface area contributed by atoms with Gasteiger partial charge in [0.1, 0.15) is 0 Å². The molecule has 0 amide bonds. The van der Waals surface area contributed by atoms with Crippen molar-refractivity contribution in [3.05, 3.63) is 0 Å². The molecular formula is C5H12N2O8P2. The molecule has 100 valence electrons. The number of rotatable bonds is 6. The largest absolute Gasteiger partial charge is 0.410 e. The van der Waals surface area contributed by atoms with Gasteiger partial charge >= 0.3 is 15.2 Å². The molecule has 0 aliphatic carbocycles. The summed E-state index contributed by atoms with van der Waals surface area (Å²) in [4.78, 5) is 34.6. The van der Waals surface area contributed by atoms with E-state index in [1.165, 1.54) is 0 Å². The molecule has 0 saturated carbocycles. The average molecular weight is 290 g/mol. The molecule has 0 atom stereocenters. The molecular weight excluding hydrogens is 278 g/mol. The Hall–Kier alpha value is -0.760. The third-order valence-electron chi connectivity index (χ3n) is 1.70. The lowest BCUT2D eigenvalue weighted by Crippen LogP contribution is -2.04. The molecule has 17 heavy (non-hydrogen) atoms. The van der Waals surface area contributed by atoms with E-state index in [-0.39, 0.29) is 19.3 Å². The van der Waals surface area contributed by atoms with Gasteiger partial charge in [0, 0.05) is 12.8 Å². The highest BCUT2D eigenvalue weighted by atomic mass is 31.2. The second kappa shape index (κ2) is 6.25. The van der Waals surface area contributed by atoms with Crippen LogP contribution in [0.3, 0.4) is 0 Å². The van der Waals surface area contributed by atoms with Gasteiger partial charge in [0.25, 0.3) is 0 Å². The molecule has 0 aliphatic rings. The molecule has 12 heteroatoms. The lowest BCUT2D eigenvalue weighted by atomic mass is 10.2. The Kier molecular flexibility index (Phi) is 5.97. The van der Waals surface area contributed by atoms with Crippen molar-refractivity contribution in [3.8, 4) is 0 Å². The van der Waals surface area contributed by atoms with Crippen LogP contribution in [0, 0.1) is 0 Å². The van der Waals surface area contributed by atoms with Crippen LogP contribution in [0.4, 0.5) is 0 Å². The van der Waals surface area contributed by atoms with Crippen molar-refractivity contribution in [2.45, 2.75) is 19.3 Å². The summed E-state index contributed by atoms with van der Waals surface area (Å²) in [7, 11) is -9.36. The van der Waals surface area contributed by atoms with E-state index in [9.17, 15) is 9.13 Å². The summed E-state index contributed by atoms with van der Waals surface area (Å²) < 4.78 is 21.4. The minimum Gasteiger partial charge on any atom is -0.410 e. The lowest BCUT2D eigenvalue weighted by molar-refractivity contribution is 0.314. The van der Waals surface area contributed by atoms with Crippen LogP contribution in [-0.4, -0.2) is 40.9 Å². The topological polar surface area (TPSA) is 180 Å². The van der Waals surface area contributed by atoms with E-state index >= 15 is 0 Å². The Morgan fingerprint density at radius 1 is 0.824 bits per heavy atom. The number of hydrogen-bond acceptors (Lipinski definition) is 6. The predicted molar refractivity (Wildman–Crippen MR) is 56.4 cm³/mol. The van der Waals surface area contributed by atoms with Crippen molar-refractivity contribution >= 4 is 26.1 Å². The minimum atomic E-state index is -4.68. The summed E-state index contributed by atoms with van der Waals surface area (Å²) in [6, 6.07) is 0. The van der Waals surface area contributed by atoms with Crippen LogP contribution >= 0.6 is 15.2 Å². The molecule has 0 aromatic rings. The first-order valence-corrected chi connectivity index (χ1v) is 7.39. The third-order valence-corrected chi connectivity index (χ3v) is 3.68. The summed E-state index contributed by atoms with van der Waals surface area (Å²) in [6.07, 6.45) is -0.936. The van der Waals surface area contributed by atoms with Crippen molar-refractivity contribution in [1.82, 2.24) is 0 Å². The van der Waals surface area contributed by atoms with Crippen molar-refractivity contribution in [1.29, 1.82) is 0 Å². The molecule has 0 bridgehead atoms. The molecule has 0 heterocycles. The van der Waals surface area contributed by atoms with Gasteiger partial charge in [-0.3, -0.25) is 9.13 Å². The van der Waals surface area contributed by atoms with E-state index in [4.69, 9.17) is 30.0 Å². The monoisotopic (exact) mass is 290 g/mol. The number of nitrogens with zero attached hydrogens (tertiary/aromatic N) is 2. The van der Waals surface area contributed by atoms with Gasteiger partial charge in [-0.1, -0.05) is 10.3 Å². The predicted octanol–water partition coefficient (Wildman–Crippen LogP) is 0.0875. The van der Waals surface area contributed by atoms with Crippen LogP contribution in [0.15, 0.2) is 10.3 Å². The summed E-state index contributed by atoms with van der Waals surface area (Å²) in [6.45, 7) is 0. The van der Waals surface area contributed by atoms with Crippen molar-refractivity contribution in [2.24, 2.45) is 10.3 Å². The van der Waals surface area contributed by atoms with E-state index < -0.39 is 26.1 Å². The highest BCUT2D eigenvalue weighted by Crippen LogP contribution is 2.41. The maximum atomic E-state index is 10.7. The molecule has 0 fully saturated rings. The minimum absolute atomic E-state index is 0.158. The first-order chi connectivity index (χ1) is 7.62. The SMILES string of the molecule is O=P(O)(O)C(CCCC(=NO)P(=O)(O)O)=NO. The van der Waals surface area contributed by atoms with Gasteiger partial charge in [-0.05, 0) is 6.42 Å². The average Bonchev–Trinajstić information content (AvgIpc) is 2.13. The Morgan fingerprint density at radius 3 is 1.29 bits per heavy atom. The highest BCUT2D eigenvalue weighted by molar-refractivity contribution is 7.70. The van der Waals surface area contributed by atoms with Gasteiger partial charge < -0.3 is 30.0 Å². The molecule has 0 aromatic heterocycles. The first kappa shape index (κ1) is 16.2. The van der Waals surface area contributed by atoms with Crippen LogP contribution in [-0.2, 0) is 9.13 Å². The van der Waals surface area contributed by atoms with Crippen molar-refractivity contribution in [3.63, 3.8) is 0 Å². The van der Waals surface area contributed by atoms with Crippen LogP contribution in [0.2, 0.25) is 0 Å². The van der Waals surface area contributed by atoms with E-state index in [1.54, 1.807) is 0 Å². The highest BCUT2D eigenvalue weighted by Gasteiger charge is 2.26. The molecule has 0 spiro atoms. The quantitative estimate of drug-likeness (QED) is 0.172. The zero-order valence-corrected chi connectivity index (χ0v) is 10.2. The standard InChI is InChI=1S/C5H12N2O8P2/c8-6-4(16(10,11)12)2-1-3-5(7-9)17(13,14)15/h8-9H,1-3H2,(H2,10,11,12)(H2,13,14,15). The Labute approximate surface area is 95.6 Å². The molecule has 10 nitrogen and oxygen atoms in total. The second-order valence-electron chi connectivity index (χ2n) is 2.97. The van der Waals surface area contributed by atoms with Gasteiger partial charge in [0.15, 0.2) is 10.9 Å². The number of oxime groups is 2. The van der Waals surface area contributed by atoms with E-state index in [0.717, 1.165) is 0 Å². The molecule has 0 unspecified atom stereocenters. The summed E-state index contributed by atoms with van der Waals surface area (Å²) >= 11 is 0. The summed E-state index contributed by atoms with van der Waals surface area (Å²) in [5.41, 5.74) is -1.61. The van der Waals surface area contributed by atoms with Crippen molar-refractivity contribution in [2.75, 3.05) is 0 Å². The fraction of sp³-hybridized carbons (Fsp3) is 0.600. The summed E-state index contributed by atoms with van der Waals surface area (Å²) in [5, 5.41) is 21.4. The zero-order chi connectivity index (χ0) is 13.7. The normalized spacial score (nSPS) is 15.1. The van der Waals surface area contributed by atoms with E-state index in [2.05, 4.69) is 10.3 Å². The fourth-order valence-corrected chi connectivity index (χ4v) is 2.04. The van der Waals surface area contributed by atoms with Crippen LogP contribution in [0.1, 0.15) is 19.3 Å². The van der Waals surface area contributed by atoms with Gasteiger partial charge in [0.2, 0.25) is 0 Å². The van der Waals surface area contributed by atoms with Crippen LogP contribution in [0.5, 0.6) is 0 Å².